The van der Waals surface area contributed by atoms with Crippen molar-refractivity contribution >= 4 is 5.97 Å². The third-order valence-electron chi connectivity index (χ3n) is 3.69. The van der Waals surface area contributed by atoms with Crippen LogP contribution in [0.15, 0.2) is 10.9 Å². The molecule has 1 aliphatic rings. The molecule has 1 saturated carbocycles. The maximum Gasteiger partial charge on any atom is 0.356 e. The van der Waals surface area contributed by atoms with Crippen molar-refractivity contribution in [2.24, 2.45) is 0 Å². The van der Waals surface area contributed by atoms with E-state index in [0.29, 0.717) is 5.82 Å². The second kappa shape index (κ2) is 4.71. The highest BCUT2D eigenvalue weighted by molar-refractivity contribution is 5.91. The van der Waals surface area contributed by atoms with Crippen LogP contribution in [0.25, 0.3) is 11.6 Å². The number of aromatic nitrogens is 4. The van der Waals surface area contributed by atoms with E-state index in [0.717, 1.165) is 25.7 Å². The van der Waals surface area contributed by atoms with Gasteiger partial charge in [0.2, 0.25) is 5.82 Å². The van der Waals surface area contributed by atoms with Crippen LogP contribution in [0.5, 0.6) is 0 Å². The van der Waals surface area contributed by atoms with Crippen LogP contribution in [-0.4, -0.2) is 38.3 Å². The summed E-state index contributed by atoms with van der Waals surface area (Å²) in [5.41, 5.74) is -0.455. The van der Waals surface area contributed by atoms with Crippen LogP contribution in [0.3, 0.4) is 0 Å². The first-order chi connectivity index (χ1) is 9.66. The van der Waals surface area contributed by atoms with Crippen molar-refractivity contribution in [2.45, 2.75) is 31.3 Å². The molecule has 2 heterocycles. The molecule has 0 atom stereocenters. The van der Waals surface area contributed by atoms with E-state index in [4.69, 9.17) is 14.4 Å². The van der Waals surface area contributed by atoms with Gasteiger partial charge in [-0.15, -0.1) is 0 Å². The maximum absolute atomic E-state index is 11.0. The van der Waals surface area contributed by atoms with E-state index in [9.17, 15) is 4.79 Å². The first-order valence-corrected chi connectivity index (χ1v) is 6.33. The highest BCUT2D eigenvalue weighted by atomic mass is 16.5. The van der Waals surface area contributed by atoms with E-state index in [1.165, 1.54) is 6.33 Å². The number of aromatic amines is 1. The van der Waals surface area contributed by atoms with Crippen LogP contribution < -0.4 is 0 Å². The fourth-order valence-corrected chi connectivity index (χ4v) is 2.59. The molecule has 8 heteroatoms. The second-order valence-corrected chi connectivity index (χ2v) is 4.76. The molecule has 20 heavy (non-hydrogen) atoms. The van der Waals surface area contributed by atoms with Crippen LogP contribution in [-0.2, 0) is 10.3 Å². The predicted octanol–water partition coefficient (Wildman–Crippen LogP) is 1.57. The van der Waals surface area contributed by atoms with Crippen LogP contribution in [0.2, 0.25) is 0 Å². The summed E-state index contributed by atoms with van der Waals surface area (Å²) in [5, 5.41) is 13.0. The number of ether oxygens (including phenoxy) is 1. The zero-order chi connectivity index (χ0) is 14.2. The zero-order valence-electron chi connectivity index (χ0n) is 10.9. The minimum absolute atomic E-state index is 0.109. The molecule has 0 unspecified atom stereocenters. The lowest BCUT2D eigenvalue weighted by atomic mass is 10.0. The summed E-state index contributed by atoms with van der Waals surface area (Å²) in [6.07, 6.45) is 5.03. The Kier molecular flexibility index (Phi) is 3.01. The van der Waals surface area contributed by atoms with E-state index in [1.54, 1.807) is 7.11 Å². The van der Waals surface area contributed by atoms with E-state index in [2.05, 4.69) is 20.1 Å². The van der Waals surface area contributed by atoms with Gasteiger partial charge in [-0.05, 0) is 25.7 Å². The Labute approximate surface area is 114 Å². The summed E-state index contributed by atoms with van der Waals surface area (Å²) < 4.78 is 10.7. The van der Waals surface area contributed by atoms with Crippen molar-refractivity contribution in [1.82, 2.24) is 20.1 Å². The average Bonchev–Trinajstić information content (AvgIpc) is 3.17. The number of carboxylic acids is 1. The first kappa shape index (κ1) is 12.8. The van der Waals surface area contributed by atoms with Crippen LogP contribution >= 0.6 is 0 Å². The van der Waals surface area contributed by atoms with Gasteiger partial charge in [-0.3, -0.25) is 0 Å². The average molecular weight is 278 g/mol. The molecule has 0 spiro atoms. The van der Waals surface area contributed by atoms with Crippen molar-refractivity contribution in [3.8, 4) is 11.6 Å². The van der Waals surface area contributed by atoms with E-state index in [1.807, 2.05) is 0 Å². The summed E-state index contributed by atoms with van der Waals surface area (Å²) in [4.78, 5) is 21.8. The third kappa shape index (κ3) is 1.88. The van der Waals surface area contributed by atoms with E-state index in [-0.39, 0.29) is 17.3 Å². The first-order valence-electron chi connectivity index (χ1n) is 6.33. The second-order valence-electron chi connectivity index (χ2n) is 4.76. The quantitative estimate of drug-likeness (QED) is 0.872. The van der Waals surface area contributed by atoms with Crippen LogP contribution in [0.4, 0.5) is 0 Å². The number of aromatic carboxylic acids is 1. The number of nitrogens with zero attached hydrogens (tertiary/aromatic N) is 3. The lowest BCUT2D eigenvalue weighted by Crippen LogP contribution is -2.25. The molecule has 1 aliphatic carbocycles. The molecule has 106 valence electrons. The number of imidazole rings is 1. The molecule has 8 nitrogen and oxygen atoms in total. The zero-order valence-corrected chi connectivity index (χ0v) is 10.9. The fraction of sp³-hybridized carbons (Fsp3) is 0.500. The molecule has 0 radical (unpaired) electrons. The van der Waals surface area contributed by atoms with E-state index >= 15 is 0 Å². The summed E-state index contributed by atoms with van der Waals surface area (Å²) in [7, 11) is 1.63. The number of methoxy groups -OCH3 is 1. The van der Waals surface area contributed by atoms with Crippen LogP contribution in [0, 0.1) is 0 Å². The molecule has 0 amide bonds. The van der Waals surface area contributed by atoms with Gasteiger partial charge in [0.1, 0.15) is 11.3 Å². The largest absolute Gasteiger partial charge is 0.476 e. The molecular formula is C12H14N4O4. The number of carboxylic acid groups (broad SMARTS) is 1. The Bertz CT molecular complexity index is 627. The molecule has 0 saturated heterocycles. The van der Waals surface area contributed by atoms with Gasteiger partial charge in [0, 0.05) is 7.11 Å². The van der Waals surface area contributed by atoms with Gasteiger partial charge >= 0.3 is 5.97 Å². The minimum atomic E-state index is -1.15. The Morgan fingerprint density at radius 2 is 2.25 bits per heavy atom. The monoisotopic (exact) mass is 278 g/mol. The number of carbonyl (C=O) groups is 1. The molecule has 0 bridgehead atoms. The van der Waals surface area contributed by atoms with Gasteiger partial charge in [0.05, 0.1) is 6.33 Å². The van der Waals surface area contributed by atoms with Gasteiger partial charge in [0.15, 0.2) is 5.69 Å². The molecule has 1 fully saturated rings. The summed E-state index contributed by atoms with van der Waals surface area (Å²) in [6.45, 7) is 0. The highest BCUT2D eigenvalue weighted by Crippen LogP contribution is 2.40. The lowest BCUT2D eigenvalue weighted by molar-refractivity contribution is -0.0178. The Morgan fingerprint density at radius 1 is 1.50 bits per heavy atom. The van der Waals surface area contributed by atoms with Crippen molar-refractivity contribution in [3.05, 3.63) is 17.8 Å². The molecule has 2 aromatic rings. The SMILES string of the molecule is COC1(c2noc(-c3[nH]cnc3C(=O)O)n2)CCCC1. The van der Waals surface area contributed by atoms with Crippen LogP contribution in [0.1, 0.15) is 42.0 Å². The molecule has 2 N–H and O–H groups in total. The Balaban J connectivity index is 1.98. The minimum Gasteiger partial charge on any atom is -0.476 e. The smallest absolute Gasteiger partial charge is 0.356 e. The van der Waals surface area contributed by atoms with Crippen molar-refractivity contribution < 1.29 is 19.2 Å². The fourth-order valence-electron chi connectivity index (χ4n) is 2.59. The molecule has 3 rings (SSSR count). The van der Waals surface area contributed by atoms with Crippen molar-refractivity contribution in [1.29, 1.82) is 0 Å². The van der Waals surface area contributed by atoms with Gasteiger partial charge in [-0.2, -0.15) is 4.98 Å². The predicted molar refractivity (Wildman–Crippen MR) is 66.0 cm³/mol. The lowest BCUT2D eigenvalue weighted by Gasteiger charge is -2.22. The van der Waals surface area contributed by atoms with Gasteiger partial charge in [-0.1, -0.05) is 5.16 Å². The molecule has 0 aliphatic heterocycles. The topological polar surface area (TPSA) is 114 Å². The Hall–Kier alpha value is -2.22. The molecule has 0 aromatic carbocycles. The summed E-state index contributed by atoms with van der Waals surface area (Å²) in [5.74, 6) is -0.583. The standard InChI is InChI=1S/C12H14N4O4/c1-19-12(4-2-3-5-12)11-15-9(20-16-11)7-8(10(17)18)14-6-13-7/h6H,2-5H2,1H3,(H,13,14)(H,17,18). The van der Waals surface area contributed by atoms with Gasteiger partial charge in [-0.25, -0.2) is 9.78 Å². The highest BCUT2D eigenvalue weighted by Gasteiger charge is 2.40. The molecular weight excluding hydrogens is 264 g/mol. The number of H-pyrrole nitrogens is 1. The number of hydrogen-bond donors (Lipinski definition) is 2. The number of nitrogens with one attached hydrogen (secondary N) is 1. The van der Waals surface area contributed by atoms with E-state index < -0.39 is 11.6 Å². The summed E-state index contributed by atoms with van der Waals surface area (Å²) in [6, 6.07) is 0. The normalized spacial score (nSPS) is 17.4. The maximum atomic E-state index is 11.0. The van der Waals surface area contributed by atoms with Gasteiger partial charge in [0.25, 0.3) is 5.89 Å². The van der Waals surface area contributed by atoms with Crippen molar-refractivity contribution in [3.63, 3.8) is 0 Å². The number of rotatable bonds is 4. The van der Waals surface area contributed by atoms with Gasteiger partial charge < -0.3 is 19.4 Å². The summed E-state index contributed by atoms with van der Waals surface area (Å²) >= 11 is 0. The molecule has 2 aromatic heterocycles. The van der Waals surface area contributed by atoms with Crippen molar-refractivity contribution in [2.75, 3.05) is 7.11 Å². The third-order valence-corrected chi connectivity index (χ3v) is 3.69. The number of hydrogen-bond acceptors (Lipinski definition) is 6. The Morgan fingerprint density at radius 3 is 2.90 bits per heavy atom.